The molecule has 0 unspecified atom stereocenters. The minimum absolute atomic E-state index is 0.173. The molecule has 2 rings (SSSR count). The SMILES string of the molecule is COc1ccc(NCc2cc(F)ccc2F)cc1Cl. The molecule has 2 nitrogen and oxygen atoms in total. The Morgan fingerprint density at radius 3 is 2.63 bits per heavy atom. The van der Waals surface area contributed by atoms with Crippen LogP contribution < -0.4 is 10.1 Å². The maximum Gasteiger partial charge on any atom is 0.137 e. The van der Waals surface area contributed by atoms with Gasteiger partial charge in [-0.15, -0.1) is 0 Å². The second kappa shape index (κ2) is 5.89. The Hall–Kier alpha value is -1.81. The summed E-state index contributed by atoms with van der Waals surface area (Å²) < 4.78 is 31.4. The summed E-state index contributed by atoms with van der Waals surface area (Å²) in [6.45, 7) is 0.173. The molecule has 0 radical (unpaired) electrons. The monoisotopic (exact) mass is 283 g/mol. The predicted octanol–water partition coefficient (Wildman–Crippen LogP) is 4.24. The molecule has 19 heavy (non-hydrogen) atoms. The van der Waals surface area contributed by atoms with Crippen molar-refractivity contribution in [1.29, 1.82) is 0 Å². The van der Waals surface area contributed by atoms with Crippen molar-refractivity contribution < 1.29 is 13.5 Å². The third-order valence-corrected chi connectivity index (χ3v) is 2.94. The van der Waals surface area contributed by atoms with Gasteiger partial charge in [0.05, 0.1) is 12.1 Å². The lowest BCUT2D eigenvalue weighted by Crippen LogP contribution is -2.02. The van der Waals surface area contributed by atoms with Crippen LogP contribution in [0.2, 0.25) is 5.02 Å². The maximum atomic E-state index is 13.4. The number of halogens is 3. The van der Waals surface area contributed by atoms with Gasteiger partial charge in [0.2, 0.25) is 0 Å². The number of rotatable bonds is 4. The number of hydrogen-bond donors (Lipinski definition) is 1. The molecule has 0 spiro atoms. The summed E-state index contributed by atoms with van der Waals surface area (Å²) in [6, 6.07) is 8.47. The molecule has 2 aromatic rings. The van der Waals surface area contributed by atoms with E-state index in [4.69, 9.17) is 16.3 Å². The molecule has 1 N–H and O–H groups in total. The van der Waals surface area contributed by atoms with Crippen LogP contribution in [0.1, 0.15) is 5.56 Å². The molecule has 0 saturated heterocycles. The van der Waals surface area contributed by atoms with Crippen LogP contribution in [0, 0.1) is 11.6 Å². The van der Waals surface area contributed by atoms with Crippen molar-refractivity contribution in [2.24, 2.45) is 0 Å². The van der Waals surface area contributed by atoms with Gasteiger partial charge in [-0.05, 0) is 36.4 Å². The Balaban J connectivity index is 2.10. The molecule has 0 saturated carbocycles. The van der Waals surface area contributed by atoms with Gasteiger partial charge in [0.25, 0.3) is 0 Å². The molecular weight excluding hydrogens is 272 g/mol. The molecular formula is C14H12ClF2NO. The minimum Gasteiger partial charge on any atom is -0.495 e. The van der Waals surface area contributed by atoms with Crippen LogP contribution in [0.15, 0.2) is 36.4 Å². The minimum atomic E-state index is -0.467. The molecule has 5 heteroatoms. The lowest BCUT2D eigenvalue weighted by Gasteiger charge is -2.09. The van der Waals surface area contributed by atoms with E-state index in [2.05, 4.69) is 5.32 Å². The van der Waals surface area contributed by atoms with Gasteiger partial charge < -0.3 is 10.1 Å². The van der Waals surface area contributed by atoms with E-state index in [0.29, 0.717) is 16.5 Å². The van der Waals surface area contributed by atoms with Crippen molar-refractivity contribution in [2.75, 3.05) is 12.4 Å². The largest absolute Gasteiger partial charge is 0.495 e. The van der Waals surface area contributed by atoms with Crippen molar-refractivity contribution in [2.45, 2.75) is 6.54 Å². The summed E-state index contributed by atoms with van der Waals surface area (Å²) in [7, 11) is 1.52. The molecule has 0 amide bonds. The molecule has 0 aliphatic heterocycles. The van der Waals surface area contributed by atoms with Gasteiger partial charge in [-0.2, -0.15) is 0 Å². The summed E-state index contributed by atoms with van der Waals surface area (Å²) in [5.41, 5.74) is 0.960. The Kier molecular flexibility index (Phi) is 4.22. The maximum absolute atomic E-state index is 13.4. The normalized spacial score (nSPS) is 10.3. The third-order valence-electron chi connectivity index (χ3n) is 2.64. The van der Waals surface area contributed by atoms with E-state index >= 15 is 0 Å². The lowest BCUT2D eigenvalue weighted by atomic mass is 10.2. The fraction of sp³-hybridized carbons (Fsp3) is 0.143. The lowest BCUT2D eigenvalue weighted by molar-refractivity contribution is 0.415. The Morgan fingerprint density at radius 1 is 1.16 bits per heavy atom. The van der Waals surface area contributed by atoms with Crippen molar-refractivity contribution in [1.82, 2.24) is 0 Å². The van der Waals surface area contributed by atoms with E-state index in [0.717, 1.165) is 18.2 Å². The van der Waals surface area contributed by atoms with Gasteiger partial charge in [0.15, 0.2) is 0 Å². The summed E-state index contributed by atoms with van der Waals surface area (Å²) in [5.74, 6) is -0.358. The van der Waals surface area contributed by atoms with Crippen LogP contribution in [-0.2, 0) is 6.54 Å². The van der Waals surface area contributed by atoms with Crippen LogP contribution in [0.5, 0.6) is 5.75 Å². The number of methoxy groups -OCH3 is 1. The summed E-state index contributed by atoms with van der Waals surface area (Å²) in [4.78, 5) is 0. The van der Waals surface area contributed by atoms with Crippen LogP contribution in [0.25, 0.3) is 0 Å². The molecule has 100 valence electrons. The summed E-state index contributed by atoms with van der Waals surface area (Å²) in [6.07, 6.45) is 0. The van der Waals surface area contributed by atoms with Gasteiger partial charge in [-0.3, -0.25) is 0 Å². The standard InChI is InChI=1S/C14H12ClF2NO/c1-19-14-5-3-11(7-12(14)15)18-8-9-6-10(16)2-4-13(9)17/h2-7,18H,8H2,1H3. The Bertz CT molecular complexity index is 590. The number of anilines is 1. The average Bonchev–Trinajstić information content (AvgIpc) is 2.40. The van der Waals surface area contributed by atoms with Gasteiger partial charge in [-0.25, -0.2) is 8.78 Å². The topological polar surface area (TPSA) is 21.3 Å². The highest BCUT2D eigenvalue weighted by molar-refractivity contribution is 6.32. The van der Waals surface area contributed by atoms with E-state index in [1.165, 1.54) is 7.11 Å². The van der Waals surface area contributed by atoms with Crippen molar-refractivity contribution in [3.8, 4) is 5.75 Å². The van der Waals surface area contributed by atoms with Crippen molar-refractivity contribution in [3.63, 3.8) is 0 Å². The zero-order chi connectivity index (χ0) is 13.8. The second-order valence-electron chi connectivity index (χ2n) is 3.94. The van der Waals surface area contributed by atoms with E-state index in [-0.39, 0.29) is 12.1 Å². The first kappa shape index (κ1) is 13.6. The average molecular weight is 284 g/mol. The first-order valence-corrected chi connectivity index (χ1v) is 5.99. The van der Waals surface area contributed by atoms with E-state index in [1.54, 1.807) is 18.2 Å². The molecule has 0 aliphatic carbocycles. The molecule has 0 atom stereocenters. The van der Waals surface area contributed by atoms with Crippen molar-refractivity contribution in [3.05, 3.63) is 58.6 Å². The number of hydrogen-bond acceptors (Lipinski definition) is 2. The molecule has 2 aromatic carbocycles. The van der Waals surface area contributed by atoms with Gasteiger partial charge in [0.1, 0.15) is 17.4 Å². The van der Waals surface area contributed by atoms with E-state index in [1.807, 2.05) is 0 Å². The molecule has 0 fully saturated rings. The third kappa shape index (κ3) is 3.35. The molecule has 0 bridgehead atoms. The first-order valence-electron chi connectivity index (χ1n) is 5.61. The van der Waals surface area contributed by atoms with Crippen LogP contribution in [0.3, 0.4) is 0 Å². The fourth-order valence-corrected chi connectivity index (χ4v) is 1.91. The molecule has 0 aliphatic rings. The van der Waals surface area contributed by atoms with E-state index < -0.39 is 11.6 Å². The van der Waals surface area contributed by atoms with E-state index in [9.17, 15) is 8.78 Å². The second-order valence-corrected chi connectivity index (χ2v) is 4.35. The Labute approximate surface area is 115 Å². The first-order chi connectivity index (χ1) is 9.10. The van der Waals surface area contributed by atoms with Crippen LogP contribution >= 0.6 is 11.6 Å². The molecule has 0 heterocycles. The van der Waals surface area contributed by atoms with Crippen molar-refractivity contribution >= 4 is 17.3 Å². The summed E-state index contributed by atoms with van der Waals surface area (Å²) in [5, 5.41) is 3.43. The van der Waals surface area contributed by atoms with Gasteiger partial charge in [-0.1, -0.05) is 11.6 Å². The van der Waals surface area contributed by atoms with Gasteiger partial charge in [0, 0.05) is 17.8 Å². The highest BCUT2D eigenvalue weighted by atomic mass is 35.5. The fourth-order valence-electron chi connectivity index (χ4n) is 1.65. The number of ether oxygens (including phenoxy) is 1. The highest BCUT2D eigenvalue weighted by Gasteiger charge is 2.05. The van der Waals surface area contributed by atoms with Gasteiger partial charge >= 0.3 is 0 Å². The van der Waals surface area contributed by atoms with Crippen LogP contribution in [-0.4, -0.2) is 7.11 Å². The zero-order valence-electron chi connectivity index (χ0n) is 10.2. The quantitative estimate of drug-likeness (QED) is 0.906. The zero-order valence-corrected chi connectivity index (χ0v) is 11.0. The smallest absolute Gasteiger partial charge is 0.137 e. The highest BCUT2D eigenvalue weighted by Crippen LogP contribution is 2.27. The Morgan fingerprint density at radius 2 is 1.95 bits per heavy atom. The number of benzene rings is 2. The predicted molar refractivity (Wildman–Crippen MR) is 71.7 cm³/mol. The molecule has 0 aromatic heterocycles. The van der Waals surface area contributed by atoms with Crippen LogP contribution in [0.4, 0.5) is 14.5 Å². The number of nitrogens with one attached hydrogen (secondary N) is 1. The summed E-state index contributed by atoms with van der Waals surface area (Å²) >= 11 is 5.97.